The van der Waals surface area contributed by atoms with Gasteiger partial charge in [0.15, 0.2) is 6.10 Å². The molecule has 2 unspecified atom stereocenters. The summed E-state index contributed by atoms with van der Waals surface area (Å²) in [6.45, 7) is 3.90. The van der Waals surface area contributed by atoms with E-state index < -0.39 is 6.10 Å². The topological polar surface area (TPSA) is 89.2 Å². The van der Waals surface area contributed by atoms with Gasteiger partial charge in [-0.05, 0) is 37.6 Å². The van der Waals surface area contributed by atoms with E-state index in [1.54, 1.807) is 48.1 Å². The molecule has 0 radical (unpaired) electrons. The number of hydrogen-bond acceptors (Lipinski definition) is 5. The van der Waals surface area contributed by atoms with Crippen molar-refractivity contribution in [1.29, 1.82) is 5.26 Å². The van der Waals surface area contributed by atoms with E-state index in [0.717, 1.165) is 19.6 Å². The molecular formula is C18H20N4O3. The van der Waals surface area contributed by atoms with Gasteiger partial charge >= 0.3 is 0 Å². The lowest BCUT2D eigenvalue weighted by Crippen LogP contribution is -2.31. The highest BCUT2D eigenvalue weighted by atomic mass is 16.5. The van der Waals surface area contributed by atoms with Crippen LogP contribution < -0.4 is 10.1 Å². The predicted octanol–water partition coefficient (Wildman–Crippen LogP) is 2.20. The first kappa shape index (κ1) is 17.0. The summed E-state index contributed by atoms with van der Waals surface area (Å²) in [6.07, 6.45) is 1.99. The van der Waals surface area contributed by atoms with Crippen molar-refractivity contribution in [3.05, 3.63) is 42.1 Å². The van der Waals surface area contributed by atoms with E-state index in [0.29, 0.717) is 29.6 Å². The standard InChI is InChI=1S/C18H20N4O3/c1-13(25-16-4-2-14(10-19)3-5-16)18(23)21-17-6-8-20-22(17)11-15-7-9-24-12-15/h2-6,8,13,15H,7,9,11-12H2,1H3,(H,21,23). The number of anilines is 1. The Morgan fingerprint density at radius 2 is 2.28 bits per heavy atom. The van der Waals surface area contributed by atoms with E-state index in [2.05, 4.69) is 10.4 Å². The number of benzene rings is 1. The molecule has 25 heavy (non-hydrogen) atoms. The fraction of sp³-hybridized carbons (Fsp3) is 0.389. The second kappa shape index (κ2) is 7.81. The van der Waals surface area contributed by atoms with Crippen molar-refractivity contribution in [2.45, 2.75) is 26.0 Å². The fourth-order valence-electron chi connectivity index (χ4n) is 2.65. The van der Waals surface area contributed by atoms with Gasteiger partial charge in [-0.15, -0.1) is 0 Å². The molecule has 2 aromatic rings. The summed E-state index contributed by atoms with van der Waals surface area (Å²) in [5.41, 5.74) is 0.546. The maximum absolute atomic E-state index is 12.4. The van der Waals surface area contributed by atoms with E-state index in [1.807, 2.05) is 6.07 Å². The van der Waals surface area contributed by atoms with Crippen LogP contribution in [0.4, 0.5) is 5.82 Å². The van der Waals surface area contributed by atoms with Crippen molar-refractivity contribution < 1.29 is 14.3 Å². The molecule has 2 heterocycles. The number of rotatable bonds is 6. The van der Waals surface area contributed by atoms with Gasteiger partial charge in [0, 0.05) is 25.1 Å². The van der Waals surface area contributed by atoms with Crippen molar-refractivity contribution in [3.8, 4) is 11.8 Å². The summed E-state index contributed by atoms with van der Waals surface area (Å²) in [5.74, 6) is 1.35. The van der Waals surface area contributed by atoms with E-state index in [1.165, 1.54) is 0 Å². The molecule has 1 N–H and O–H groups in total. The minimum Gasteiger partial charge on any atom is -0.481 e. The average molecular weight is 340 g/mol. The molecule has 1 aliphatic rings. The van der Waals surface area contributed by atoms with Gasteiger partial charge < -0.3 is 14.8 Å². The summed E-state index contributed by atoms with van der Waals surface area (Å²) < 4.78 is 12.8. The number of amides is 1. The SMILES string of the molecule is CC(Oc1ccc(C#N)cc1)C(=O)Nc1ccnn1CC1CCOC1. The number of aromatic nitrogens is 2. The first-order chi connectivity index (χ1) is 12.2. The van der Waals surface area contributed by atoms with Gasteiger partial charge in [-0.25, -0.2) is 4.68 Å². The van der Waals surface area contributed by atoms with Crippen molar-refractivity contribution >= 4 is 11.7 Å². The molecule has 1 saturated heterocycles. The average Bonchev–Trinajstić information content (AvgIpc) is 3.28. The van der Waals surface area contributed by atoms with E-state index in [4.69, 9.17) is 14.7 Å². The normalized spacial score (nSPS) is 17.7. The third-order valence-electron chi connectivity index (χ3n) is 4.09. The first-order valence-electron chi connectivity index (χ1n) is 8.23. The first-order valence-corrected chi connectivity index (χ1v) is 8.23. The van der Waals surface area contributed by atoms with Gasteiger partial charge in [0.25, 0.3) is 5.91 Å². The van der Waals surface area contributed by atoms with Crippen molar-refractivity contribution in [3.63, 3.8) is 0 Å². The van der Waals surface area contributed by atoms with Gasteiger partial charge in [0.05, 0.1) is 24.4 Å². The zero-order valence-electron chi connectivity index (χ0n) is 14.0. The summed E-state index contributed by atoms with van der Waals surface area (Å²) >= 11 is 0. The Morgan fingerprint density at radius 3 is 2.96 bits per heavy atom. The molecule has 3 rings (SSSR count). The van der Waals surface area contributed by atoms with Crippen LogP contribution in [0.25, 0.3) is 0 Å². The lowest BCUT2D eigenvalue weighted by Gasteiger charge is -2.16. The molecule has 0 spiro atoms. The van der Waals surface area contributed by atoms with E-state index in [9.17, 15) is 4.79 Å². The molecule has 0 bridgehead atoms. The molecular weight excluding hydrogens is 320 g/mol. The van der Waals surface area contributed by atoms with Crippen LogP contribution in [0.3, 0.4) is 0 Å². The lowest BCUT2D eigenvalue weighted by atomic mass is 10.1. The summed E-state index contributed by atoms with van der Waals surface area (Å²) in [5, 5.41) is 15.9. The van der Waals surface area contributed by atoms with Crippen molar-refractivity contribution in [2.75, 3.05) is 18.5 Å². The molecule has 7 heteroatoms. The van der Waals surface area contributed by atoms with E-state index >= 15 is 0 Å². The smallest absolute Gasteiger partial charge is 0.266 e. The van der Waals surface area contributed by atoms with Crippen molar-refractivity contribution in [2.24, 2.45) is 5.92 Å². The molecule has 1 aromatic carbocycles. The van der Waals surface area contributed by atoms with Crippen LogP contribution >= 0.6 is 0 Å². The zero-order chi connectivity index (χ0) is 17.6. The molecule has 130 valence electrons. The van der Waals surface area contributed by atoms with Crippen molar-refractivity contribution in [1.82, 2.24) is 9.78 Å². The number of nitriles is 1. The fourth-order valence-corrected chi connectivity index (χ4v) is 2.65. The lowest BCUT2D eigenvalue weighted by molar-refractivity contribution is -0.122. The number of carbonyl (C=O) groups is 1. The summed E-state index contributed by atoms with van der Waals surface area (Å²) in [6, 6.07) is 10.5. The van der Waals surface area contributed by atoms with Crippen LogP contribution in [0.5, 0.6) is 5.75 Å². The van der Waals surface area contributed by atoms with Gasteiger partial charge in [-0.3, -0.25) is 4.79 Å². The maximum atomic E-state index is 12.4. The number of hydrogen-bond donors (Lipinski definition) is 1. The van der Waals surface area contributed by atoms with E-state index in [-0.39, 0.29) is 5.91 Å². The number of ether oxygens (including phenoxy) is 2. The highest BCUT2D eigenvalue weighted by Crippen LogP contribution is 2.18. The monoisotopic (exact) mass is 340 g/mol. The van der Waals surface area contributed by atoms with Crippen LogP contribution in [0, 0.1) is 17.2 Å². The van der Waals surface area contributed by atoms with Gasteiger partial charge in [-0.1, -0.05) is 0 Å². The Morgan fingerprint density at radius 1 is 1.48 bits per heavy atom. The molecule has 1 fully saturated rings. The Hall–Kier alpha value is -2.85. The highest BCUT2D eigenvalue weighted by molar-refractivity contribution is 5.93. The van der Waals surface area contributed by atoms with Gasteiger partial charge in [0.2, 0.25) is 0 Å². The minimum atomic E-state index is -0.675. The molecule has 0 aliphatic carbocycles. The van der Waals surface area contributed by atoms with Gasteiger partial charge in [-0.2, -0.15) is 10.4 Å². The van der Waals surface area contributed by atoms with Crippen LogP contribution in [0.15, 0.2) is 36.5 Å². The van der Waals surface area contributed by atoms with Gasteiger partial charge in [0.1, 0.15) is 11.6 Å². The molecule has 1 aromatic heterocycles. The quantitative estimate of drug-likeness (QED) is 0.871. The Kier molecular flexibility index (Phi) is 5.31. The van der Waals surface area contributed by atoms with Crippen LogP contribution in [0.2, 0.25) is 0 Å². The third kappa shape index (κ3) is 4.37. The Labute approximate surface area is 146 Å². The molecule has 7 nitrogen and oxygen atoms in total. The predicted molar refractivity (Wildman–Crippen MR) is 91.0 cm³/mol. The Balaban J connectivity index is 1.57. The second-order valence-electron chi connectivity index (χ2n) is 6.01. The molecule has 1 aliphatic heterocycles. The molecule has 1 amide bonds. The van der Waals surface area contributed by atoms with Crippen LogP contribution in [-0.4, -0.2) is 35.0 Å². The number of carbonyl (C=O) groups excluding carboxylic acids is 1. The summed E-state index contributed by atoms with van der Waals surface area (Å²) in [4.78, 5) is 12.4. The van der Waals surface area contributed by atoms with Crippen LogP contribution in [-0.2, 0) is 16.1 Å². The zero-order valence-corrected chi connectivity index (χ0v) is 14.0. The largest absolute Gasteiger partial charge is 0.481 e. The molecule has 2 atom stereocenters. The summed E-state index contributed by atoms with van der Waals surface area (Å²) in [7, 11) is 0. The number of nitrogens with zero attached hydrogens (tertiary/aromatic N) is 3. The second-order valence-corrected chi connectivity index (χ2v) is 6.01. The van der Waals surface area contributed by atoms with Crippen LogP contribution in [0.1, 0.15) is 18.9 Å². The third-order valence-corrected chi connectivity index (χ3v) is 4.09. The Bertz CT molecular complexity index is 757. The number of nitrogens with one attached hydrogen (secondary N) is 1. The minimum absolute atomic E-state index is 0.256. The molecule has 0 saturated carbocycles. The highest BCUT2D eigenvalue weighted by Gasteiger charge is 2.20. The maximum Gasteiger partial charge on any atom is 0.266 e.